The summed E-state index contributed by atoms with van der Waals surface area (Å²) in [5.41, 5.74) is 10.8. The molecule has 3 heteroatoms. The molecule has 3 nitrogen and oxygen atoms in total. The molecule has 0 spiro atoms. The highest BCUT2D eigenvalue weighted by molar-refractivity contribution is 6.26. The van der Waals surface area contributed by atoms with Gasteiger partial charge in [0.2, 0.25) is 0 Å². The fraction of sp³-hybridized carbons (Fsp3) is 0.176. The number of Topliss-reactive ketones (excluding diaryl/α,β-unsaturated/α-hetero) is 1. The number of carbonyl (C=O) groups excluding carboxylic acids is 2. The standard InChI is InChI=1S/C34H26O3/c1-19-18-27(35)32-26(34(19)36)16-14-22-12-10-21-11-13-23-15-17-28(37-2)33(31(23)29(21)30(22)32)25-9-5-7-20-6-3-4-8-24(20)25/h3-9,14-18H,10-13H2,1-2H3. The highest BCUT2D eigenvalue weighted by Gasteiger charge is 2.35. The number of hydrogen-bond acceptors (Lipinski definition) is 3. The summed E-state index contributed by atoms with van der Waals surface area (Å²) >= 11 is 0. The van der Waals surface area contributed by atoms with E-state index in [9.17, 15) is 9.59 Å². The molecule has 4 aromatic rings. The molecular formula is C34H26O3. The molecule has 0 heterocycles. The Bertz CT molecular complexity index is 1740. The Balaban J connectivity index is 1.60. The molecular weight excluding hydrogens is 456 g/mol. The van der Waals surface area contributed by atoms with Gasteiger partial charge in [-0.3, -0.25) is 9.59 Å². The SMILES string of the molecule is COc1ccc2c(c1-c1cccc3ccccc13)C1=C(CCc3ccc4c(c31)C(=O)C=C(C)C4=O)CC2. The van der Waals surface area contributed by atoms with Crippen LogP contribution in [0.4, 0.5) is 0 Å². The molecule has 0 aliphatic heterocycles. The van der Waals surface area contributed by atoms with Crippen molar-refractivity contribution < 1.29 is 14.3 Å². The number of hydrogen-bond donors (Lipinski definition) is 0. The van der Waals surface area contributed by atoms with Crippen molar-refractivity contribution >= 4 is 27.9 Å². The number of methoxy groups -OCH3 is 1. The molecule has 0 radical (unpaired) electrons. The molecule has 0 unspecified atom stereocenters. The van der Waals surface area contributed by atoms with Crippen LogP contribution in [-0.2, 0) is 12.8 Å². The molecule has 0 amide bonds. The number of fused-ring (bicyclic) bond motifs is 7. The Labute approximate surface area is 216 Å². The van der Waals surface area contributed by atoms with Crippen LogP contribution in [0.5, 0.6) is 5.75 Å². The number of aryl methyl sites for hydroxylation is 2. The molecule has 0 N–H and O–H groups in total. The molecule has 0 fully saturated rings. The fourth-order valence-corrected chi connectivity index (χ4v) is 6.56. The van der Waals surface area contributed by atoms with Gasteiger partial charge in [-0.1, -0.05) is 60.2 Å². The molecule has 4 aromatic carbocycles. The van der Waals surface area contributed by atoms with E-state index in [4.69, 9.17) is 4.74 Å². The quantitative estimate of drug-likeness (QED) is 0.296. The maximum atomic E-state index is 13.5. The molecule has 0 saturated heterocycles. The Kier molecular flexibility index (Phi) is 4.84. The van der Waals surface area contributed by atoms with Crippen molar-refractivity contribution in [3.8, 4) is 16.9 Å². The Morgan fingerprint density at radius 1 is 0.676 bits per heavy atom. The molecule has 3 aliphatic carbocycles. The Hall–Kier alpha value is -4.24. The number of ketones is 2. The minimum atomic E-state index is -0.0700. The fourth-order valence-electron chi connectivity index (χ4n) is 6.56. The molecule has 0 aromatic heterocycles. The van der Waals surface area contributed by atoms with Gasteiger partial charge in [-0.2, -0.15) is 0 Å². The van der Waals surface area contributed by atoms with Crippen LogP contribution in [0.15, 0.2) is 84.0 Å². The summed E-state index contributed by atoms with van der Waals surface area (Å²) in [7, 11) is 1.72. The predicted octanol–water partition coefficient (Wildman–Crippen LogP) is 7.54. The Morgan fingerprint density at radius 2 is 1.38 bits per heavy atom. The number of rotatable bonds is 2. The average Bonchev–Trinajstić information content (AvgIpc) is 2.94. The first kappa shape index (κ1) is 22.0. The van der Waals surface area contributed by atoms with E-state index in [0.717, 1.165) is 64.8 Å². The number of allylic oxidation sites excluding steroid dienone is 3. The summed E-state index contributed by atoms with van der Waals surface area (Å²) in [6.07, 6.45) is 5.27. The lowest BCUT2D eigenvalue weighted by Crippen LogP contribution is -2.22. The molecule has 3 aliphatic rings. The zero-order chi connectivity index (χ0) is 25.3. The third-order valence-corrected chi connectivity index (χ3v) is 8.27. The van der Waals surface area contributed by atoms with Gasteiger partial charge in [-0.05, 0) is 95.0 Å². The van der Waals surface area contributed by atoms with Crippen molar-refractivity contribution in [1.82, 2.24) is 0 Å². The van der Waals surface area contributed by atoms with Crippen LogP contribution in [-0.4, -0.2) is 18.7 Å². The van der Waals surface area contributed by atoms with Gasteiger partial charge in [-0.15, -0.1) is 0 Å². The zero-order valence-corrected chi connectivity index (χ0v) is 21.0. The van der Waals surface area contributed by atoms with Gasteiger partial charge in [-0.25, -0.2) is 0 Å². The van der Waals surface area contributed by atoms with Crippen molar-refractivity contribution in [2.24, 2.45) is 0 Å². The first-order valence-corrected chi connectivity index (χ1v) is 12.9. The van der Waals surface area contributed by atoms with E-state index in [1.807, 2.05) is 6.07 Å². The molecule has 0 saturated carbocycles. The van der Waals surface area contributed by atoms with Crippen LogP contribution < -0.4 is 4.74 Å². The van der Waals surface area contributed by atoms with E-state index in [-0.39, 0.29) is 11.6 Å². The topological polar surface area (TPSA) is 43.4 Å². The smallest absolute Gasteiger partial charge is 0.189 e. The van der Waals surface area contributed by atoms with Gasteiger partial charge in [0.05, 0.1) is 7.11 Å². The molecule has 180 valence electrons. The second-order valence-corrected chi connectivity index (χ2v) is 10.2. The maximum absolute atomic E-state index is 13.5. The lowest BCUT2D eigenvalue weighted by Gasteiger charge is -2.34. The summed E-state index contributed by atoms with van der Waals surface area (Å²) in [6.45, 7) is 1.73. The summed E-state index contributed by atoms with van der Waals surface area (Å²) in [4.78, 5) is 26.6. The monoisotopic (exact) mass is 482 g/mol. The highest BCUT2D eigenvalue weighted by atomic mass is 16.5. The minimum absolute atomic E-state index is 0.0546. The van der Waals surface area contributed by atoms with Gasteiger partial charge in [0, 0.05) is 22.3 Å². The molecule has 0 atom stereocenters. The molecule has 0 bridgehead atoms. The van der Waals surface area contributed by atoms with Crippen LogP contribution in [0.25, 0.3) is 27.5 Å². The van der Waals surface area contributed by atoms with Gasteiger partial charge in [0.15, 0.2) is 11.6 Å². The summed E-state index contributed by atoms with van der Waals surface area (Å²) in [5.74, 6) is 0.694. The number of benzene rings is 4. The van der Waals surface area contributed by atoms with E-state index in [1.54, 1.807) is 14.0 Å². The third kappa shape index (κ3) is 3.13. The average molecular weight is 483 g/mol. The largest absolute Gasteiger partial charge is 0.496 e. The summed E-state index contributed by atoms with van der Waals surface area (Å²) in [6, 6.07) is 23.0. The van der Waals surface area contributed by atoms with E-state index in [1.165, 1.54) is 28.0 Å². The first-order chi connectivity index (χ1) is 18.1. The van der Waals surface area contributed by atoms with Crippen LogP contribution in [0.3, 0.4) is 0 Å². The predicted molar refractivity (Wildman–Crippen MR) is 147 cm³/mol. The van der Waals surface area contributed by atoms with Crippen molar-refractivity contribution in [1.29, 1.82) is 0 Å². The maximum Gasteiger partial charge on any atom is 0.189 e. The van der Waals surface area contributed by atoms with Crippen molar-refractivity contribution in [2.75, 3.05) is 7.11 Å². The third-order valence-electron chi connectivity index (χ3n) is 8.27. The highest BCUT2D eigenvalue weighted by Crippen LogP contribution is 2.51. The number of carbonyl (C=O) groups is 2. The van der Waals surface area contributed by atoms with Gasteiger partial charge < -0.3 is 4.74 Å². The van der Waals surface area contributed by atoms with Crippen LogP contribution in [0, 0.1) is 0 Å². The zero-order valence-electron chi connectivity index (χ0n) is 21.0. The second kappa shape index (κ2) is 8.14. The van der Waals surface area contributed by atoms with Gasteiger partial charge >= 0.3 is 0 Å². The van der Waals surface area contributed by atoms with E-state index in [2.05, 4.69) is 60.7 Å². The first-order valence-electron chi connectivity index (χ1n) is 12.9. The van der Waals surface area contributed by atoms with E-state index >= 15 is 0 Å². The lowest BCUT2D eigenvalue weighted by molar-refractivity contribution is 0.0984. The van der Waals surface area contributed by atoms with Crippen LogP contribution >= 0.6 is 0 Å². The Morgan fingerprint density at radius 3 is 2.16 bits per heavy atom. The van der Waals surface area contributed by atoms with Gasteiger partial charge in [0.1, 0.15) is 5.75 Å². The van der Waals surface area contributed by atoms with Crippen molar-refractivity contribution in [3.63, 3.8) is 0 Å². The molecule has 37 heavy (non-hydrogen) atoms. The van der Waals surface area contributed by atoms with E-state index in [0.29, 0.717) is 16.7 Å². The number of ether oxygens (including phenoxy) is 1. The van der Waals surface area contributed by atoms with Crippen molar-refractivity contribution in [3.05, 3.63) is 117 Å². The normalized spacial score (nSPS) is 16.1. The van der Waals surface area contributed by atoms with Crippen molar-refractivity contribution in [2.45, 2.75) is 32.6 Å². The van der Waals surface area contributed by atoms with Crippen LogP contribution in [0.1, 0.15) is 62.7 Å². The minimum Gasteiger partial charge on any atom is -0.496 e. The second-order valence-electron chi connectivity index (χ2n) is 10.2. The lowest BCUT2D eigenvalue weighted by atomic mass is 9.70. The van der Waals surface area contributed by atoms with E-state index < -0.39 is 0 Å². The van der Waals surface area contributed by atoms with Crippen LogP contribution in [0.2, 0.25) is 0 Å². The summed E-state index contributed by atoms with van der Waals surface area (Å²) < 4.78 is 5.99. The summed E-state index contributed by atoms with van der Waals surface area (Å²) in [5, 5.41) is 2.34. The van der Waals surface area contributed by atoms with Gasteiger partial charge in [0.25, 0.3) is 0 Å². The molecule has 7 rings (SSSR count).